The van der Waals surface area contributed by atoms with Crippen LogP contribution in [-0.2, 0) is 23.4 Å². The largest absolute Gasteiger partial charge is 0.336 e. The maximum absolute atomic E-state index is 13.0. The van der Waals surface area contributed by atoms with Crippen LogP contribution in [0.5, 0.6) is 0 Å². The van der Waals surface area contributed by atoms with Crippen molar-refractivity contribution in [3.05, 3.63) is 46.3 Å². The van der Waals surface area contributed by atoms with Gasteiger partial charge in [0.25, 0.3) is 5.91 Å². The first-order chi connectivity index (χ1) is 13.1. The highest BCUT2D eigenvalue weighted by Gasteiger charge is 2.25. The van der Waals surface area contributed by atoms with Crippen molar-refractivity contribution in [3.8, 4) is 0 Å². The molecule has 8 heteroatoms. The number of nitrogens with zero attached hydrogens (tertiary/aromatic N) is 4. The van der Waals surface area contributed by atoms with Crippen LogP contribution in [-0.4, -0.2) is 66.3 Å². The highest BCUT2D eigenvalue weighted by molar-refractivity contribution is 7.90. The second-order valence-corrected chi connectivity index (χ2v) is 9.61. The Labute approximate surface area is 166 Å². The zero-order valence-corrected chi connectivity index (χ0v) is 18.0. The normalized spacial score (nSPS) is 15.8. The molecule has 0 saturated carbocycles. The van der Waals surface area contributed by atoms with Crippen LogP contribution >= 0.6 is 0 Å². The van der Waals surface area contributed by atoms with Crippen molar-refractivity contribution < 1.29 is 13.2 Å². The summed E-state index contributed by atoms with van der Waals surface area (Å²) in [7, 11) is -1.39. The lowest BCUT2D eigenvalue weighted by atomic mass is 10.1. The number of carbonyl (C=O) groups is 1. The first kappa shape index (κ1) is 20.5. The average molecular weight is 405 g/mol. The van der Waals surface area contributed by atoms with E-state index in [4.69, 9.17) is 0 Å². The van der Waals surface area contributed by atoms with Crippen molar-refractivity contribution in [2.24, 2.45) is 7.05 Å². The minimum Gasteiger partial charge on any atom is -0.336 e. The number of hydrogen-bond donors (Lipinski definition) is 0. The van der Waals surface area contributed by atoms with Gasteiger partial charge in [-0.05, 0) is 38.5 Å². The predicted molar refractivity (Wildman–Crippen MR) is 108 cm³/mol. The van der Waals surface area contributed by atoms with Crippen molar-refractivity contribution in [3.63, 3.8) is 0 Å². The summed E-state index contributed by atoms with van der Waals surface area (Å²) in [5.74, 6) is -0.101. The molecule has 7 nitrogen and oxygen atoms in total. The van der Waals surface area contributed by atoms with Gasteiger partial charge in [-0.3, -0.25) is 14.4 Å². The summed E-state index contributed by atoms with van der Waals surface area (Å²) in [6.07, 6.45) is 1.16. The Morgan fingerprint density at radius 1 is 1.11 bits per heavy atom. The summed E-state index contributed by atoms with van der Waals surface area (Å²) in [4.78, 5) is 17.3. The Balaban J connectivity index is 1.69. The molecule has 0 spiro atoms. The van der Waals surface area contributed by atoms with E-state index < -0.39 is 9.84 Å². The lowest BCUT2D eigenvalue weighted by molar-refractivity contribution is 0.0627. The summed E-state index contributed by atoms with van der Waals surface area (Å²) < 4.78 is 25.6. The number of benzene rings is 1. The fraction of sp³-hybridized carbons (Fsp3) is 0.500. The highest BCUT2D eigenvalue weighted by atomic mass is 32.2. The molecule has 152 valence electrons. The third-order valence-electron chi connectivity index (χ3n) is 5.57. The minimum atomic E-state index is -3.34. The van der Waals surface area contributed by atoms with E-state index in [-0.39, 0.29) is 10.8 Å². The molecule has 0 bridgehead atoms. The molecular formula is C20H28N4O3S. The molecule has 2 aromatic rings. The van der Waals surface area contributed by atoms with Gasteiger partial charge in [0.05, 0.1) is 10.6 Å². The number of sulfone groups is 1. The smallest absolute Gasteiger partial charge is 0.254 e. The number of rotatable bonds is 4. The summed E-state index contributed by atoms with van der Waals surface area (Å²) in [6, 6.07) is 4.76. The number of piperazine rings is 1. The predicted octanol–water partition coefficient (Wildman–Crippen LogP) is 1.71. The fourth-order valence-electron chi connectivity index (χ4n) is 3.61. The van der Waals surface area contributed by atoms with E-state index in [1.165, 1.54) is 17.3 Å². The van der Waals surface area contributed by atoms with E-state index in [2.05, 4.69) is 16.9 Å². The van der Waals surface area contributed by atoms with Crippen molar-refractivity contribution in [2.45, 2.75) is 32.2 Å². The highest BCUT2D eigenvalue weighted by Crippen LogP contribution is 2.20. The van der Waals surface area contributed by atoms with Gasteiger partial charge in [0.1, 0.15) is 0 Å². The molecule has 1 amide bonds. The van der Waals surface area contributed by atoms with E-state index in [1.807, 2.05) is 30.5 Å². The molecule has 1 fully saturated rings. The number of amides is 1. The SMILES string of the molecule is Cc1ccc(S(C)(=O)=O)cc1C(=O)N1CCN(Cc2c(C)nn(C)c2C)CC1. The minimum absolute atomic E-state index is 0.101. The van der Waals surface area contributed by atoms with Crippen LogP contribution in [0.3, 0.4) is 0 Å². The molecule has 0 aliphatic carbocycles. The maximum Gasteiger partial charge on any atom is 0.254 e. The third kappa shape index (κ3) is 4.12. The molecule has 0 N–H and O–H groups in total. The van der Waals surface area contributed by atoms with Crippen LogP contribution in [0, 0.1) is 20.8 Å². The van der Waals surface area contributed by atoms with Gasteiger partial charge in [0.2, 0.25) is 0 Å². The number of aromatic nitrogens is 2. The molecule has 0 radical (unpaired) electrons. The molecule has 3 rings (SSSR count). The van der Waals surface area contributed by atoms with E-state index >= 15 is 0 Å². The van der Waals surface area contributed by atoms with Gasteiger partial charge in [-0.15, -0.1) is 0 Å². The van der Waals surface area contributed by atoms with Gasteiger partial charge in [-0.2, -0.15) is 5.10 Å². The Kier molecular flexibility index (Phi) is 5.63. The van der Waals surface area contributed by atoms with Crippen molar-refractivity contribution in [2.75, 3.05) is 32.4 Å². The van der Waals surface area contributed by atoms with Gasteiger partial charge < -0.3 is 4.90 Å². The molecule has 2 heterocycles. The molecule has 1 aliphatic heterocycles. The molecule has 0 atom stereocenters. The van der Waals surface area contributed by atoms with E-state index in [1.54, 1.807) is 12.1 Å². The van der Waals surface area contributed by atoms with Gasteiger partial charge in [-0.25, -0.2) is 8.42 Å². The number of aryl methyl sites for hydroxylation is 3. The monoisotopic (exact) mass is 404 g/mol. The van der Waals surface area contributed by atoms with Crippen molar-refractivity contribution >= 4 is 15.7 Å². The van der Waals surface area contributed by atoms with Gasteiger partial charge in [-0.1, -0.05) is 6.07 Å². The van der Waals surface area contributed by atoms with Crippen LogP contribution < -0.4 is 0 Å². The molecule has 0 unspecified atom stereocenters. The topological polar surface area (TPSA) is 75.5 Å². The molecule has 1 saturated heterocycles. The standard InChI is InChI=1S/C20H28N4O3S/c1-14-6-7-17(28(5,26)27)12-18(14)20(25)24-10-8-23(9-11-24)13-19-15(2)21-22(4)16(19)3/h6-7,12H,8-11,13H2,1-5H3. The number of carbonyl (C=O) groups excluding carboxylic acids is 1. The van der Waals surface area contributed by atoms with Gasteiger partial charge in [0.15, 0.2) is 9.84 Å². The van der Waals surface area contributed by atoms with Gasteiger partial charge >= 0.3 is 0 Å². The second kappa shape index (κ2) is 7.67. The zero-order valence-electron chi connectivity index (χ0n) is 17.2. The summed E-state index contributed by atoms with van der Waals surface area (Å²) in [6.45, 7) is 9.58. The Bertz CT molecular complexity index is 1000. The summed E-state index contributed by atoms with van der Waals surface area (Å²) >= 11 is 0. The first-order valence-electron chi connectivity index (χ1n) is 9.39. The van der Waals surface area contributed by atoms with Crippen molar-refractivity contribution in [1.29, 1.82) is 0 Å². The lowest BCUT2D eigenvalue weighted by Gasteiger charge is -2.35. The maximum atomic E-state index is 13.0. The van der Waals surface area contributed by atoms with E-state index in [0.29, 0.717) is 18.7 Å². The Morgan fingerprint density at radius 3 is 2.29 bits per heavy atom. The first-order valence-corrected chi connectivity index (χ1v) is 11.3. The zero-order chi connectivity index (χ0) is 20.6. The molecule has 1 aromatic heterocycles. The summed E-state index contributed by atoms with van der Waals surface area (Å²) in [5.41, 5.74) is 4.73. The van der Waals surface area contributed by atoms with E-state index in [0.717, 1.165) is 37.1 Å². The Morgan fingerprint density at radius 2 is 1.75 bits per heavy atom. The van der Waals surface area contributed by atoms with Gasteiger partial charge in [0, 0.05) is 62.8 Å². The van der Waals surface area contributed by atoms with E-state index in [9.17, 15) is 13.2 Å². The fourth-order valence-corrected chi connectivity index (χ4v) is 4.26. The molecule has 28 heavy (non-hydrogen) atoms. The van der Waals surface area contributed by atoms with Crippen LogP contribution in [0.15, 0.2) is 23.1 Å². The lowest BCUT2D eigenvalue weighted by Crippen LogP contribution is -2.48. The Hall–Kier alpha value is -2.19. The molecule has 1 aliphatic rings. The van der Waals surface area contributed by atoms with Crippen LogP contribution in [0.1, 0.15) is 32.9 Å². The molecular weight excluding hydrogens is 376 g/mol. The number of hydrogen-bond acceptors (Lipinski definition) is 5. The molecule has 1 aromatic carbocycles. The van der Waals surface area contributed by atoms with Crippen LogP contribution in [0.25, 0.3) is 0 Å². The van der Waals surface area contributed by atoms with Crippen molar-refractivity contribution in [1.82, 2.24) is 19.6 Å². The quantitative estimate of drug-likeness (QED) is 0.775. The third-order valence-corrected chi connectivity index (χ3v) is 6.68. The second-order valence-electron chi connectivity index (χ2n) is 7.59. The summed E-state index contributed by atoms with van der Waals surface area (Å²) in [5, 5.41) is 4.47. The van der Waals surface area contributed by atoms with Crippen LogP contribution in [0.4, 0.5) is 0 Å². The van der Waals surface area contributed by atoms with Crippen LogP contribution in [0.2, 0.25) is 0 Å². The average Bonchev–Trinajstić information content (AvgIpc) is 2.87.